The molecule has 0 aliphatic rings. The van der Waals surface area contributed by atoms with Gasteiger partial charge in [0.05, 0.1) is 18.8 Å². The summed E-state index contributed by atoms with van der Waals surface area (Å²) in [6, 6.07) is 8.08. The summed E-state index contributed by atoms with van der Waals surface area (Å²) in [6.45, 7) is 2.84. The Hall–Kier alpha value is -1.72. The summed E-state index contributed by atoms with van der Waals surface area (Å²) in [5.74, 6) is 0. The molecule has 1 aromatic heterocycles. The molecule has 0 amide bonds. The molecule has 0 saturated carbocycles. The van der Waals surface area contributed by atoms with Gasteiger partial charge in [-0.25, -0.2) is 4.68 Å². The van der Waals surface area contributed by atoms with E-state index in [4.69, 9.17) is 10.8 Å². The molecule has 1 aromatic carbocycles. The quantitative estimate of drug-likeness (QED) is 0.813. The zero-order valence-corrected chi connectivity index (χ0v) is 9.80. The Labute approximate surface area is 99.9 Å². The number of rotatable bonds is 4. The Bertz CT molecular complexity index is 507. The van der Waals surface area contributed by atoms with Gasteiger partial charge >= 0.3 is 0 Å². The summed E-state index contributed by atoms with van der Waals surface area (Å²) < 4.78 is 1.69. The lowest BCUT2D eigenvalue weighted by Crippen LogP contribution is -2.07. The van der Waals surface area contributed by atoms with Crippen LogP contribution in [0.4, 0.5) is 0 Å². The molecule has 1 heterocycles. The molecule has 0 bridgehead atoms. The molecule has 90 valence electrons. The van der Waals surface area contributed by atoms with Crippen molar-refractivity contribution in [3.8, 4) is 11.3 Å². The highest BCUT2D eigenvalue weighted by molar-refractivity contribution is 5.62. The molecule has 2 rings (SSSR count). The van der Waals surface area contributed by atoms with Crippen LogP contribution in [0.5, 0.6) is 0 Å². The third kappa shape index (κ3) is 2.35. The maximum absolute atomic E-state index is 9.01. The summed E-state index contributed by atoms with van der Waals surface area (Å²) >= 11 is 0. The van der Waals surface area contributed by atoms with Crippen molar-refractivity contribution in [1.29, 1.82) is 0 Å². The first-order valence-electron chi connectivity index (χ1n) is 5.56. The Morgan fingerprint density at radius 2 is 2.24 bits per heavy atom. The van der Waals surface area contributed by atoms with Gasteiger partial charge < -0.3 is 10.8 Å². The van der Waals surface area contributed by atoms with Gasteiger partial charge in [0.25, 0.3) is 0 Å². The van der Waals surface area contributed by atoms with Crippen LogP contribution in [0.3, 0.4) is 0 Å². The van der Waals surface area contributed by atoms with Crippen molar-refractivity contribution in [3.63, 3.8) is 0 Å². The van der Waals surface area contributed by atoms with Crippen molar-refractivity contribution < 1.29 is 5.11 Å². The number of nitrogens with zero attached hydrogens (tertiary/aromatic N) is 3. The summed E-state index contributed by atoms with van der Waals surface area (Å²) in [6.07, 6.45) is 0. The molecule has 0 radical (unpaired) electrons. The van der Waals surface area contributed by atoms with E-state index in [2.05, 4.69) is 16.4 Å². The number of aliphatic hydroxyl groups is 1. The lowest BCUT2D eigenvalue weighted by molar-refractivity contribution is 0.269. The van der Waals surface area contributed by atoms with Crippen molar-refractivity contribution in [3.05, 3.63) is 35.5 Å². The Balaban J connectivity index is 2.51. The molecule has 0 unspecified atom stereocenters. The molecule has 0 atom stereocenters. The van der Waals surface area contributed by atoms with E-state index >= 15 is 0 Å². The summed E-state index contributed by atoms with van der Waals surface area (Å²) in [7, 11) is 0. The summed E-state index contributed by atoms with van der Waals surface area (Å²) in [4.78, 5) is 0. The number of aliphatic hydroxyl groups excluding tert-OH is 1. The zero-order valence-electron chi connectivity index (χ0n) is 9.80. The SMILES string of the molecule is Cc1cccc(-c2c(CN)nnn2CCO)c1. The van der Waals surface area contributed by atoms with Crippen LogP contribution in [0, 0.1) is 6.92 Å². The van der Waals surface area contributed by atoms with E-state index in [0.29, 0.717) is 13.1 Å². The average molecular weight is 232 g/mol. The van der Waals surface area contributed by atoms with Gasteiger partial charge in [-0.2, -0.15) is 0 Å². The van der Waals surface area contributed by atoms with Crippen molar-refractivity contribution in [2.24, 2.45) is 5.73 Å². The number of hydrogen-bond acceptors (Lipinski definition) is 4. The van der Waals surface area contributed by atoms with Gasteiger partial charge in [0.1, 0.15) is 5.69 Å². The molecule has 5 nitrogen and oxygen atoms in total. The van der Waals surface area contributed by atoms with Gasteiger partial charge in [-0.05, 0) is 13.0 Å². The van der Waals surface area contributed by atoms with E-state index in [1.54, 1.807) is 4.68 Å². The summed E-state index contributed by atoms with van der Waals surface area (Å²) in [5.41, 5.74) is 9.50. The molecule has 0 aliphatic carbocycles. The number of aryl methyl sites for hydroxylation is 1. The number of hydrogen-bond donors (Lipinski definition) is 2. The number of nitrogens with two attached hydrogens (primary N) is 1. The Morgan fingerprint density at radius 1 is 1.41 bits per heavy atom. The van der Waals surface area contributed by atoms with Gasteiger partial charge in [-0.15, -0.1) is 5.10 Å². The van der Waals surface area contributed by atoms with Crippen LogP contribution in [0.1, 0.15) is 11.3 Å². The standard InChI is InChI=1S/C12H16N4O/c1-9-3-2-4-10(7-9)12-11(8-13)14-15-16(12)5-6-17/h2-4,7,17H,5-6,8,13H2,1H3. The molecule has 17 heavy (non-hydrogen) atoms. The molecule has 0 spiro atoms. The topological polar surface area (TPSA) is 77.0 Å². The van der Waals surface area contributed by atoms with E-state index in [1.807, 2.05) is 25.1 Å². The molecule has 2 aromatic rings. The van der Waals surface area contributed by atoms with Crippen LogP contribution in [0.2, 0.25) is 0 Å². The van der Waals surface area contributed by atoms with E-state index in [1.165, 1.54) is 5.56 Å². The van der Waals surface area contributed by atoms with E-state index in [-0.39, 0.29) is 6.61 Å². The normalized spacial score (nSPS) is 10.8. The van der Waals surface area contributed by atoms with Gasteiger partial charge in [-0.3, -0.25) is 0 Å². The number of aromatic nitrogens is 3. The van der Waals surface area contributed by atoms with Crippen LogP contribution in [-0.2, 0) is 13.1 Å². The Morgan fingerprint density at radius 3 is 2.88 bits per heavy atom. The lowest BCUT2D eigenvalue weighted by atomic mass is 10.1. The first kappa shape index (κ1) is 11.8. The van der Waals surface area contributed by atoms with Crippen molar-refractivity contribution in [1.82, 2.24) is 15.0 Å². The van der Waals surface area contributed by atoms with Gasteiger partial charge in [0, 0.05) is 12.1 Å². The summed E-state index contributed by atoms with van der Waals surface area (Å²) in [5, 5.41) is 17.1. The first-order chi connectivity index (χ1) is 8.26. The predicted molar refractivity (Wildman–Crippen MR) is 65.2 cm³/mol. The van der Waals surface area contributed by atoms with E-state index in [0.717, 1.165) is 17.0 Å². The molecule has 0 fully saturated rings. The molecule has 5 heteroatoms. The second-order valence-corrected chi connectivity index (χ2v) is 3.91. The fourth-order valence-corrected chi connectivity index (χ4v) is 1.85. The minimum Gasteiger partial charge on any atom is -0.394 e. The monoisotopic (exact) mass is 232 g/mol. The van der Waals surface area contributed by atoms with E-state index < -0.39 is 0 Å². The second kappa shape index (κ2) is 5.07. The minimum atomic E-state index is 0.0339. The Kier molecular flexibility index (Phi) is 3.51. The number of benzene rings is 1. The average Bonchev–Trinajstić information content (AvgIpc) is 2.72. The molecule has 0 saturated heterocycles. The third-order valence-electron chi connectivity index (χ3n) is 2.60. The third-order valence-corrected chi connectivity index (χ3v) is 2.60. The van der Waals surface area contributed by atoms with Crippen molar-refractivity contribution in [2.75, 3.05) is 6.61 Å². The van der Waals surface area contributed by atoms with Crippen molar-refractivity contribution >= 4 is 0 Å². The largest absolute Gasteiger partial charge is 0.394 e. The minimum absolute atomic E-state index is 0.0339. The highest BCUT2D eigenvalue weighted by atomic mass is 16.3. The molecule has 3 N–H and O–H groups in total. The van der Waals surface area contributed by atoms with Crippen LogP contribution < -0.4 is 5.73 Å². The van der Waals surface area contributed by atoms with Gasteiger partial charge in [0.15, 0.2) is 0 Å². The predicted octanol–water partition coefficient (Wildman–Crippen LogP) is 0.705. The molecule has 0 aliphatic heterocycles. The van der Waals surface area contributed by atoms with E-state index in [9.17, 15) is 0 Å². The fraction of sp³-hybridized carbons (Fsp3) is 0.333. The smallest absolute Gasteiger partial charge is 0.104 e. The van der Waals surface area contributed by atoms with Crippen molar-refractivity contribution in [2.45, 2.75) is 20.0 Å². The molecular weight excluding hydrogens is 216 g/mol. The highest BCUT2D eigenvalue weighted by Gasteiger charge is 2.13. The zero-order chi connectivity index (χ0) is 12.3. The highest BCUT2D eigenvalue weighted by Crippen LogP contribution is 2.22. The molecular formula is C12H16N4O. The first-order valence-corrected chi connectivity index (χ1v) is 5.56. The van der Waals surface area contributed by atoms with Gasteiger partial charge in [-0.1, -0.05) is 29.0 Å². The lowest BCUT2D eigenvalue weighted by Gasteiger charge is -2.07. The maximum atomic E-state index is 9.01. The van der Waals surface area contributed by atoms with Crippen LogP contribution in [0.25, 0.3) is 11.3 Å². The van der Waals surface area contributed by atoms with Crippen LogP contribution in [-0.4, -0.2) is 26.7 Å². The van der Waals surface area contributed by atoms with Gasteiger partial charge in [0.2, 0.25) is 0 Å². The van der Waals surface area contributed by atoms with Crippen LogP contribution >= 0.6 is 0 Å². The maximum Gasteiger partial charge on any atom is 0.104 e. The van der Waals surface area contributed by atoms with Crippen LogP contribution in [0.15, 0.2) is 24.3 Å². The fourth-order valence-electron chi connectivity index (χ4n) is 1.85. The second-order valence-electron chi connectivity index (χ2n) is 3.91.